The first-order chi connectivity index (χ1) is 12.9. The molecule has 0 bridgehead atoms. The lowest BCUT2D eigenvalue weighted by Crippen LogP contribution is -2.17. The number of methoxy groups -OCH3 is 1. The van der Waals surface area contributed by atoms with Gasteiger partial charge in [-0.3, -0.25) is 9.40 Å². The van der Waals surface area contributed by atoms with Gasteiger partial charge in [0.05, 0.1) is 31.1 Å². The number of hydrogen-bond donors (Lipinski definition) is 1. The molecule has 7 nitrogen and oxygen atoms in total. The van der Waals surface area contributed by atoms with E-state index in [0.29, 0.717) is 16.7 Å². The van der Waals surface area contributed by atoms with E-state index in [-0.39, 0.29) is 10.5 Å². The highest BCUT2D eigenvalue weighted by Gasteiger charge is 2.24. The minimum Gasteiger partial charge on any atom is -0.465 e. The summed E-state index contributed by atoms with van der Waals surface area (Å²) in [7, 11) is -2.81. The number of esters is 1. The third-order valence-electron chi connectivity index (χ3n) is 3.71. The van der Waals surface area contributed by atoms with Gasteiger partial charge in [-0.25, -0.2) is 13.2 Å². The Morgan fingerprint density at radius 1 is 1.22 bits per heavy atom. The second-order valence-electron chi connectivity index (χ2n) is 5.65. The van der Waals surface area contributed by atoms with Gasteiger partial charge in [0.15, 0.2) is 0 Å². The summed E-state index contributed by atoms with van der Waals surface area (Å²) < 4.78 is 34.8. The molecule has 3 aromatic rings. The normalized spacial score (nSPS) is 11.2. The zero-order chi connectivity index (χ0) is 19.4. The predicted molar refractivity (Wildman–Crippen MR) is 104 cm³/mol. The molecule has 2 aromatic carbocycles. The fraction of sp³-hybridized carbons (Fsp3) is 0.111. The summed E-state index contributed by atoms with van der Waals surface area (Å²) in [6.45, 7) is 0.508. The van der Waals surface area contributed by atoms with Gasteiger partial charge in [0, 0.05) is 10.7 Å². The van der Waals surface area contributed by atoms with Crippen LogP contribution < -0.4 is 4.72 Å². The molecule has 0 atom stereocenters. The minimum atomic E-state index is -4.00. The molecule has 0 aliphatic rings. The Bertz CT molecular complexity index is 1070. The zero-order valence-corrected chi connectivity index (χ0v) is 16.7. The van der Waals surface area contributed by atoms with Gasteiger partial charge in [0.2, 0.25) is 0 Å². The van der Waals surface area contributed by atoms with Gasteiger partial charge in [0.25, 0.3) is 10.0 Å². The fourth-order valence-electron chi connectivity index (χ4n) is 2.49. The monoisotopic (exact) mass is 449 g/mol. The molecular weight excluding hydrogens is 434 g/mol. The molecule has 27 heavy (non-hydrogen) atoms. The lowest BCUT2D eigenvalue weighted by atomic mass is 10.2. The number of hydrogen-bond acceptors (Lipinski definition) is 5. The quantitative estimate of drug-likeness (QED) is 0.583. The predicted octanol–water partition coefficient (Wildman–Crippen LogP) is 3.28. The molecule has 0 aliphatic carbocycles. The number of halogens is 1. The molecule has 0 fully saturated rings. The Morgan fingerprint density at radius 3 is 2.67 bits per heavy atom. The van der Waals surface area contributed by atoms with E-state index in [1.54, 1.807) is 16.9 Å². The number of rotatable bonds is 6. The molecule has 0 aliphatic heterocycles. The number of anilines is 1. The van der Waals surface area contributed by atoms with Crippen molar-refractivity contribution in [3.8, 4) is 0 Å². The molecule has 1 aromatic heterocycles. The molecule has 0 saturated heterocycles. The summed E-state index contributed by atoms with van der Waals surface area (Å²) in [4.78, 5) is 11.8. The largest absolute Gasteiger partial charge is 0.465 e. The van der Waals surface area contributed by atoms with Crippen LogP contribution in [0.4, 0.5) is 5.69 Å². The van der Waals surface area contributed by atoms with Crippen molar-refractivity contribution >= 4 is 37.6 Å². The number of aromatic nitrogens is 2. The van der Waals surface area contributed by atoms with Crippen LogP contribution in [0.1, 0.15) is 15.9 Å². The Hall–Kier alpha value is -2.65. The van der Waals surface area contributed by atoms with Crippen LogP contribution in [0.15, 0.2) is 70.3 Å². The number of nitrogens with zero attached hydrogens (tertiary/aromatic N) is 2. The van der Waals surface area contributed by atoms with Crippen LogP contribution in [0.3, 0.4) is 0 Å². The van der Waals surface area contributed by atoms with Crippen LogP contribution in [0, 0.1) is 0 Å². The molecule has 0 saturated carbocycles. The van der Waals surface area contributed by atoms with Gasteiger partial charge in [-0.1, -0.05) is 46.3 Å². The first-order valence-corrected chi connectivity index (χ1v) is 10.1. The van der Waals surface area contributed by atoms with Crippen molar-refractivity contribution in [2.24, 2.45) is 0 Å². The number of carbonyl (C=O) groups is 1. The summed E-state index contributed by atoms with van der Waals surface area (Å²) in [5, 5.41) is 4.17. The molecular formula is C18H16BrN3O4S. The van der Waals surface area contributed by atoms with Gasteiger partial charge in [-0.05, 0) is 23.8 Å². The lowest BCUT2D eigenvalue weighted by Gasteiger charge is -2.10. The maximum Gasteiger partial charge on any atom is 0.339 e. The number of ether oxygens (including phenoxy) is 1. The molecule has 0 spiro atoms. The second kappa shape index (κ2) is 7.93. The summed E-state index contributed by atoms with van der Waals surface area (Å²) in [6.07, 6.45) is 3.00. The van der Waals surface area contributed by atoms with Crippen molar-refractivity contribution < 1.29 is 17.9 Å². The van der Waals surface area contributed by atoms with E-state index in [4.69, 9.17) is 0 Å². The summed E-state index contributed by atoms with van der Waals surface area (Å²) in [6, 6.07) is 14.0. The van der Waals surface area contributed by atoms with Crippen LogP contribution in [-0.4, -0.2) is 31.3 Å². The highest BCUT2D eigenvalue weighted by Crippen LogP contribution is 2.24. The average molecular weight is 450 g/mol. The summed E-state index contributed by atoms with van der Waals surface area (Å²) in [5.74, 6) is -0.739. The van der Waals surface area contributed by atoms with E-state index in [1.807, 2.05) is 30.3 Å². The smallest absolute Gasteiger partial charge is 0.339 e. The molecule has 0 amide bonds. The Kier molecular flexibility index (Phi) is 5.62. The van der Waals surface area contributed by atoms with Crippen molar-refractivity contribution in [2.45, 2.75) is 11.4 Å². The van der Waals surface area contributed by atoms with Crippen molar-refractivity contribution in [3.63, 3.8) is 0 Å². The first-order valence-electron chi connectivity index (χ1n) is 7.86. The summed E-state index contributed by atoms with van der Waals surface area (Å²) in [5.41, 5.74) is 1.27. The third kappa shape index (κ3) is 4.55. The van der Waals surface area contributed by atoms with Crippen LogP contribution in [0.25, 0.3) is 0 Å². The maximum atomic E-state index is 12.8. The standard InChI is InChI=1S/C18H16BrN3O4S/c1-26-18(23)16-9-14(19)7-8-17(16)27(24,25)21-15-10-20-22(12-15)11-13-5-3-2-4-6-13/h2-10,12,21H,11H2,1H3. The van der Waals surface area contributed by atoms with Crippen molar-refractivity contribution in [3.05, 3.63) is 76.5 Å². The number of sulfonamides is 1. The summed E-state index contributed by atoms with van der Waals surface area (Å²) >= 11 is 3.23. The molecule has 0 unspecified atom stereocenters. The highest BCUT2D eigenvalue weighted by atomic mass is 79.9. The Morgan fingerprint density at radius 2 is 1.96 bits per heavy atom. The lowest BCUT2D eigenvalue weighted by molar-refractivity contribution is 0.0596. The Balaban J connectivity index is 1.85. The van der Waals surface area contributed by atoms with Crippen LogP contribution in [0.2, 0.25) is 0 Å². The zero-order valence-electron chi connectivity index (χ0n) is 14.3. The molecule has 0 radical (unpaired) electrons. The number of nitrogens with one attached hydrogen (secondary N) is 1. The van der Waals surface area contributed by atoms with E-state index in [9.17, 15) is 13.2 Å². The topological polar surface area (TPSA) is 90.3 Å². The Labute approximate surface area is 165 Å². The van der Waals surface area contributed by atoms with Crippen molar-refractivity contribution in [1.82, 2.24) is 9.78 Å². The maximum absolute atomic E-state index is 12.8. The molecule has 1 heterocycles. The van der Waals surface area contributed by atoms with Gasteiger partial charge in [-0.2, -0.15) is 5.10 Å². The average Bonchev–Trinajstić information content (AvgIpc) is 3.07. The van der Waals surface area contributed by atoms with Crippen molar-refractivity contribution in [2.75, 3.05) is 11.8 Å². The van der Waals surface area contributed by atoms with Crippen LogP contribution >= 0.6 is 15.9 Å². The fourth-order valence-corrected chi connectivity index (χ4v) is 4.06. The SMILES string of the molecule is COC(=O)c1cc(Br)ccc1S(=O)(=O)Nc1cnn(Cc2ccccc2)c1. The highest BCUT2D eigenvalue weighted by molar-refractivity contribution is 9.10. The number of benzene rings is 2. The first kappa shape index (κ1) is 19.1. The van der Waals surface area contributed by atoms with E-state index in [0.717, 1.165) is 5.56 Å². The minimum absolute atomic E-state index is 0.0592. The van der Waals surface area contributed by atoms with Gasteiger partial charge < -0.3 is 4.74 Å². The molecule has 3 rings (SSSR count). The second-order valence-corrected chi connectivity index (χ2v) is 8.22. The van der Waals surface area contributed by atoms with Crippen LogP contribution in [0.5, 0.6) is 0 Å². The number of carbonyl (C=O) groups excluding carboxylic acids is 1. The third-order valence-corrected chi connectivity index (χ3v) is 5.64. The molecule has 1 N–H and O–H groups in total. The van der Waals surface area contributed by atoms with E-state index < -0.39 is 16.0 Å². The van der Waals surface area contributed by atoms with E-state index in [1.165, 1.54) is 25.4 Å². The van der Waals surface area contributed by atoms with Crippen molar-refractivity contribution in [1.29, 1.82) is 0 Å². The van der Waals surface area contributed by atoms with E-state index in [2.05, 4.69) is 30.5 Å². The molecule has 9 heteroatoms. The van der Waals surface area contributed by atoms with E-state index >= 15 is 0 Å². The van der Waals surface area contributed by atoms with Gasteiger partial charge in [0.1, 0.15) is 4.90 Å². The van der Waals surface area contributed by atoms with Gasteiger partial charge >= 0.3 is 5.97 Å². The molecule has 140 valence electrons. The van der Waals surface area contributed by atoms with Gasteiger partial charge in [-0.15, -0.1) is 0 Å². The van der Waals surface area contributed by atoms with Crippen LogP contribution in [-0.2, 0) is 21.3 Å².